The van der Waals surface area contributed by atoms with E-state index in [1.807, 2.05) is 20.8 Å². The summed E-state index contributed by atoms with van der Waals surface area (Å²) < 4.78 is 54.4. The van der Waals surface area contributed by atoms with Gasteiger partial charge in [-0.25, -0.2) is 21.5 Å². The van der Waals surface area contributed by atoms with Gasteiger partial charge in [-0.15, -0.1) is 0 Å². The Kier molecular flexibility index (Phi) is 5.64. The van der Waals surface area contributed by atoms with Crippen LogP contribution in [0.1, 0.15) is 27.2 Å². The molecule has 0 fully saturated rings. The van der Waals surface area contributed by atoms with Gasteiger partial charge in [-0.1, -0.05) is 20.8 Å². The minimum absolute atomic E-state index is 0.000434. The molecule has 0 unspecified atom stereocenters. The van der Waals surface area contributed by atoms with E-state index in [0.717, 1.165) is 6.26 Å². The Bertz CT molecular complexity index is 1690. The predicted octanol–water partition coefficient (Wildman–Crippen LogP) is 0.995. The summed E-state index contributed by atoms with van der Waals surface area (Å²) >= 11 is 0. The molecule has 0 spiro atoms. The number of sulfonamides is 1. The first kappa shape index (κ1) is 24.0. The van der Waals surface area contributed by atoms with Crippen molar-refractivity contribution in [3.8, 4) is 0 Å². The molecule has 0 atom stereocenters. The highest BCUT2D eigenvalue weighted by atomic mass is 32.2. The van der Waals surface area contributed by atoms with E-state index in [2.05, 4.69) is 10.0 Å². The van der Waals surface area contributed by atoms with Crippen LogP contribution in [0.3, 0.4) is 0 Å². The Labute approximate surface area is 196 Å². The molecule has 1 aliphatic rings. The molecule has 0 saturated carbocycles. The third-order valence-electron chi connectivity index (χ3n) is 5.51. The molecule has 0 amide bonds. The average Bonchev–Trinajstić information content (AvgIpc) is 3.16. The predicted molar refractivity (Wildman–Crippen MR) is 131 cm³/mol. The first-order valence-corrected chi connectivity index (χ1v) is 14.1. The summed E-state index contributed by atoms with van der Waals surface area (Å²) in [4.78, 5) is 26.6. The molecule has 3 aromatic rings. The number of rotatable bonds is 4. The Hall–Kier alpha value is -3.12. The summed E-state index contributed by atoms with van der Waals surface area (Å²) in [6.45, 7) is 6.47. The first-order chi connectivity index (χ1) is 15.7. The third-order valence-corrected chi connectivity index (χ3v) is 7.79. The molecule has 3 heterocycles. The lowest BCUT2D eigenvalue weighted by atomic mass is 9.92. The number of aryl methyl sites for hydroxylation is 1. The van der Waals surface area contributed by atoms with E-state index in [-0.39, 0.29) is 38.1 Å². The molecule has 0 aliphatic carbocycles. The molecular weight excluding hydrogens is 480 g/mol. The second-order valence-electron chi connectivity index (χ2n) is 9.63. The van der Waals surface area contributed by atoms with Crippen molar-refractivity contribution in [3.05, 3.63) is 62.3 Å². The lowest BCUT2D eigenvalue weighted by Gasteiger charge is -2.22. The second-order valence-corrected chi connectivity index (χ2v) is 13.3. The second kappa shape index (κ2) is 7.98. The topological polar surface area (TPSA) is 136 Å². The molecule has 10 nitrogen and oxygen atoms in total. The van der Waals surface area contributed by atoms with E-state index in [4.69, 9.17) is 0 Å². The summed E-state index contributed by atoms with van der Waals surface area (Å²) in [7, 11) is -7.57. The molecule has 2 N–H and O–H groups in total. The van der Waals surface area contributed by atoms with Crippen LogP contribution in [0.4, 0.5) is 11.4 Å². The molecule has 0 radical (unpaired) electrons. The fraction of sp³-hybridized carbons (Fsp3) is 0.364. The fourth-order valence-electron chi connectivity index (χ4n) is 3.89. The zero-order valence-corrected chi connectivity index (χ0v) is 20.9. The van der Waals surface area contributed by atoms with Gasteiger partial charge in [-0.2, -0.15) is 0 Å². The van der Waals surface area contributed by atoms with Crippen LogP contribution in [0.15, 0.2) is 51.0 Å². The largest absolute Gasteiger partial charge is 0.356 e. The highest BCUT2D eigenvalue weighted by molar-refractivity contribution is 7.92. The number of benzene rings is 1. The number of nitrogens with zero attached hydrogens (tertiary/aromatic N) is 2. The molecule has 2 aromatic heterocycles. The molecule has 1 aliphatic heterocycles. The Morgan fingerprint density at radius 2 is 1.85 bits per heavy atom. The van der Waals surface area contributed by atoms with Crippen molar-refractivity contribution in [1.82, 2.24) is 9.20 Å². The van der Waals surface area contributed by atoms with Gasteiger partial charge in [0.25, 0.3) is 5.56 Å². The van der Waals surface area contributed by atoms with E-state index in [9.17, 15) is 26.4 Å². The molecule has 0 bridgehead atoms. The van der Waals surface area contributed by atoms with Crippen molar-refractivity contribution in [1.29, 1.82) is 0 Å². The summed E-state index contributed by atoms with van der Waals surface area (Å²) in [5.41, 5.74) is -0.665. The van der Waals surface area contributed by atoms with E-state index in [1.165, 1.54) is 27.4 Å². The lowest BCUT2D eigenvalue weighted by molar-refractivity contribution is 0.331. The van der Waals surface area contributed by atoms with Gasteiger partial charge < -0.3 is 5.32 Å². The smallest absolute Gasteiger partial charge is 0.278 e. The monoisotopic (exact) mass is 506 g/mol. The minimum Gasteiger partial charge on any atom is -0.356 e. The molecule has 1 aromatic carbocycles. The summed E-state index contributed by atoms with van der Waals surface area (Å²) in [5.74, 6) is -0.594. The van der Waals surface area contributed by atoms with Gasteiger partial charge in [0.05, 0.1) is 22.6 Å². The molecule has 34 heavy (non-hydrogen) atoms. The van der Waals surface area contributed by atoms with Crippen LogP contribution in [0.2, 0.25) is 0 Å². The number of anilines is 2. The average molecular weight is 507 g/mol. The number of hydrogen-bond acceptors (Lipinski definition) is 7. The zero-order valence-electron chi connectivity index (χ0n) is 19.2. The maximum absolute atomic E-state index is 13.5. The maximum Gasteiger partial charge on any atom is 0.278 e. The highest BCUT2D eigenvalue weighted by Gasteiger charge is 2.29. The van der Waals surface area contributed by atoms with Crippen LogP contribution in [0, 0.1) is 5.41 Å². The minimum atomic E-state index is -3.97. The highest BCUT2D eigenvalue weighted by Crippen LogP contribution is 2.32. The van der Waals surface area contributed by atoms with Gasteiger partial charge in [0, 0.05) is 24.1 Å². The number of sulfone groups is 1. The van der Waals surface area contributed by atoms with Gasteiger partial charge in [-0.05, 0) is 42.2 Å². The van der Waals surface area contributed by atoms with Gasteiger partial charge >= 0.3 is 0 Å². The van der Waals surface area contributed by atoms with Crippen molar-refractivity contribution in [3.63, 3.8) is 0 Å². The standard InChI is InChI=1S/C22H26N4O6S2/c1-22(2,3)9-11-26-21(28)19(20(27)17-6-5-10-25(17)26)16-13-34(31,32)18-12-14(24-33(4,29)30)7-8-15(18)23-16/h5-8,10,12,23-24H,9,11,13H2,1-4H3/b19-16-. The van der Waals surface area contributed by atoms with Crippen LogP contribution in [0.5, 0.6) is 0 Å². The summed E-state index contributed by atoms with van der Waals surface area (Å²) in [5, 5.41) is 2.72. The normalized spacial score (nSPS) is 17.3. The van der Waals surface area contributed by atoms with Crippen LogP contribution in [-0.4, -0.2) is 38.0 Å². The lowest BCUT2D eigenvalue weighted by Crippen LogP contribution is -2.51. The Morgan fingerprint density at radius 3 is 2.50 bits per heavy atom. The number of aromatic nitrogens is 2. The van der Waals surface area contributed by atoms with E-state index < -0.39 is 36.6 Å². The number of hydrogen-bond donors (Lipinski definition) is 2. The number of fused-ring (bicyclic) bond motifs is 2. The van der Waals surface area contributed by atoms with Crippen LogP contribution >= 0.6 is 0 Å². The molecule has 12 heteroatoms. The van der Waals surface area contributed by atoms with E-state index in [1.54, 1.807) is 18.3 Å². The van der Waals surface area contributed by atoms with Gasteiger partial charge in [-0.3, -0.25) is 18.8 Å². The fourth-order valence-corrected chi connectivity index (χ4v) is 5.96. The molecule has 0 saturated heterocycles. The summed E-state index contributed by atoms with van der Waals surface area (Å²) in [6, 6.07) is 7.27. The number of nitrogens with one attached hydrogen (secondary N) is 2. The quantitative estimate of drug-likeness (QED) is 0.539. The van der Waals surface area contributed by atoms with Crippen molar-refractivity contribution in [2.45, 2.75) is 38.6 Å². The van der Waals surface area contributed by atoms with Crippen molar-refractivity contribution >= 4 is 42.4 Å². The zero-order chi connectivity index (χ0) is 25.1. The van der Waals surface area contributed by atoms with Crippen molar-refractivity contribution in [2.24, 2.45) is 5.41 Å². The first-order valence-electron chi connectivity index (χ1n) is 10.6. The van der Waals surface area contributed by atoms with Gasteiger partial charge in [0.1, 0.15) is 10.7 Å². The van der Waals surface area contributed by atoms with E-state index in [0.29, 0.717) is 13.0 Å². The SMILES string of the molecule is CC(C)(C)CCn1c(=O)/c(=C2/CS(=O)(=O)c3cc(NS(C)(=O)=O)ccc3N2)c(=O)c2cccn21. The van der Waals surface area contributed by atoms with Crippen LogP contribution in [-0.2, 0) is 26.4 Å². The Morgan fingerprint density at radius 1 is 1.15 bits per heavy atom. The molecule has 182 valence electrons. The molecular formula is C22H26N4O6S2. The maximum atomic E-state index is 13.5. The van der Waals surface area contributed by atoms with Gasteiger partial charge in [0.15, 0.2) is 9.84 Å². The summed E-state index contributed by atoms with van der Waals surface area (Å²) in [6.07, 6.45) is 3.26. The van der Waals surface area contributed by atoms with Crippen molar-refractivity contribution < 1.29 is 16.8 Å². The van der Waals surface area contributed by atoms with Crippen molar-refractivity contribution in [2.75, 3.05) is 22.0 Å². The Balaban J connectivity index is 1.93. The van der Waals surface area contributed by atoms with Gasteiger partial charge in [0.2, 0.25) is 15.5 Å². The van der Waals surface area contributed by atoms with E-state index >= 15 is 0 Å². The van der Waals surface area contributed by atoms with Crippen LogP contribution in [0.25, 0.3) is 11.2 Å². The third kappa shape index (κ3) is 4.60. The molecule has 4 rings (SSSR count). The van der Waals surface area contributed by atoms with Crippen LogP contribution < -0.4 is 26.2 Å².